The summed E-state index contributed by atoms with van der Waals surface area (Å²) in [6, 6.07) is 1.85. The van der Waals surface area contributed by atoms with Gasteiger partial charge in [-0.05, 0) is 19.1 Å². The SMILES string of the molecule is Cc1nn(C)cc1NC(=O)c1ccc(C(F)(F)F)nc1. The number of nitrogens with zero attached hydrogens (tertiary/aromatic N) is 3. The highest BCUT2D eigenvalue weighted by Gasteiger charge is 2.32. The average molecular weight is 284 g/mol. The lowest BCUT2D eigenvalue weighted by molar-refractivity contribution is -0.141. The van der Waals surface area contributed by atoms with E-state index in [1.807, 2.05) is 0 Å². The molecule has 5 nitrogen and oxygen atoms in total. The first-order chi connectivity index (χ1) is 9.27. The Hall–Kier alpha value is -2.38. The molecule has 2 aromatic heterocycles. The van der Waals surface area contributed by atoms with Crippen LogP contribution in [0, 0.1) is 6.92 Å². The van der Waals surface area contributed by atoms with Crippen molar-refractivity contribution in [2.45, 2.75) is 13.1 Å². The Morgan fingerprint density at radius 2 is 2.05 bits per heavy atom. The van der Waals surface area contributed by atoms with E-state index < -0.39 is 17.8 Å². The van der Waals surface area contributed by atoms with Gasteiger partial charge in [-0.3, -0.25) is 14.5 Å². The summed E-state index contributed by atoms with van der Waals surface area (Å²) in [5, 5.41) is 6.60. The molecule has 0 aliphatic rings. The van der Waals surface area contributed by atoms with Crippen LogP contribution in [0.4, 0.5) is 18.9 Å². The minimum atomic E-state index is -4.52. The minimum absolute atomic E-state index is 0.0428. The average Bonchev–Trinajstić information content (AvgIpc) is 2.67. The zero-order chi connectivity index (χ0) is 14.9. The van der Waals surface area contributed by atoms with Crippen LogP contribution >= 0.6 is 0 Å². The molecule has 2 rings (SSSR count). The van der Waals surface area contributed by atoms with E-state index in [0.717, 1.165) is 18.3 Å². The Labute approximate surface area is 112 Å². The van der Waals surface area contributed by atoms with Crippen LogP contribution in [0.1, 0.15) is 21.7 Å². The third-order valence-electron chi connectivity index (χ3n) is 2.58. The number of halogens is 3. The lowest BCUT2D eigenvalue weighted by Crippen LogP contribution is -2.14. The van der Waals surface area contributed by atoms with Crippen molar-refractivity contribution in [2.75, 3.05) is 5.32 Å². The predicted molar refractivity (Wildman–Crippen MR) is 65.1 cm³/mol. The Morgan fingerprint density at radius 1 is 1.35 bits per heavy atom. The van der Waals surface area contributed by atoms with E-state index in [1.54, 1.807) is 20.2 Å². The van der Waals surface area contributed by atoms with Crippen molar-refractivity contribution in [3.05, 3.63) is 41.5 Å². The molecule has 0 saturated heterocycles. The van der Waals surface area contributed by atoms with Crippen LogP contribution in [0.25, 0.3) is 0 Å². The molecule has 0 saturated carbocycles. The van der Waals surface area contributed by atoms with Crippen molar-refractivity contribution >= 4 is 11.6 Å². The van der Waals surface area contributed by atoms with E-state index in [0.29, 0.717) is 11.4 Å². The minimum Gasteiger partial charge on any atom is -0.319 e. The molecule has 1 amide bonds. The molecule has 8 heteroatoms. The van der Waals surface area contributed by atoms with Crippen molar-refractivity contribution in [3.8, 4) is 0 Å². The molecule has 0 spiro atoms. The smallest absolute Gasteiger partial charge is 0.319 e. The summed E-state index contributed by atoms with van der Waals surface area (Å²) >= 11 is 0. The molecule has 2 heterocycles. The maximum atomic E-state index is 12.3. The van der Waals surface area contributed by atoms with Gasteiger partial charge in [0.15, 0.2) is 0 Å². The topological polar surface area (TPSA) is 59.8 Å². The molecule has 0 bridgehead atoms. The summed E-state index contributed by atoms with van der Waals surface area (Å²) in [6.07, 6.45) is -2.02. The lowest BCUT2D eigenvalue weighted by atomic mass is 10.2. The molecule has 20 heavy (non-hydrogen) atoms. The first kappa shape index (κ1) is 14.0. The molecule has 0 aliphatic carbocycles. The molecule has 0 aromatic carbocycles. The normalized spacial score (nSPS) is 11.4. The first-order valence-electron chi connectivity index (χ1n) is 5.62. The van der Waals surface area contributed by atoms with Crippen molar-refractivity contribution in [1.29, 1.82) is 0 Å². The van der Waals surface area contributed by atoms with Gasteiger partial charge in [0.25, 0.3) is 5.91 Å². The first-order valence-corrected chi connectivity index (χ1v) is 5.62. The Balaban J connectivity index is 2.16. The van der Waals surface area contributed by atoms with Gasteiger partial charge in [-0.1, -0.05) is 0 Å². The number of rotatable bonds is 2. The van der Waals surface area contributed by atoms with Crippen molar-refractivity contribution in [2.24, 2.45) is 7.05 Å². The van der Waals surface area contributed by atoms with Crippen molar-refractivity contribution in [1.82, 2.24) is 14.8 Å². The Kier molecular flexibility index (Phi) is 3.47. The van der Waals surface area contributed by atoms with Gasteiger partial charge in [0.05, 0.1) is 16.9 Å². The highest BCUT2D eigenvalue weighted by Crippen LogP contribution is 2.27. The van der Waals surface area contributed by atoms with Crippen LogP contribution in [-0.2, 0) is 13.2 Å². The van der Waals surface area contributed by atoms with Crippen LogP contribution < -0.4 is 5.32 Å². The second kappa shape index (κ2) is 4.95. The number of nitrogens with one attached hydrogen (secondary N) is 1. The summed E-state index contributed by atoms with van der Waals surface area (Å²) in [5.41, 5.74) is 0.117. The zero-order valence-corrected chi connectivity index (χ0v) is 10.7. The molecule has 0 atom stereocenters. The van der Waals surface area contributed by atoms with Crippen LogP contribution in [0.15, 0.2) is 24.5 Å². The zero-order valence-electron chi connectivity index (χ0n) is 10.7. The van der Waals surface area contributed by atoms with Gasteiger partial charge in [-0.2, -0.15) is 18.3 Å². The molecular formula is C12H11F3N4O. The van der Waals surface area contributed by atoms with E-state index in [2.05, 4.69) is 15.4 Å². The largest absolute Gasteiger partial charge is 0.433 e. The van der Waals surface area contributed by atoms with Crippen LogP contribution in [0.3, 0.4) is 0 Å². The number of aromatic nitrogens is 3. The molecule has 106 valence electrons. The molecule has 0 fully saturated rings. The van der Waals surface area contributed by atoms with E-state index >= 15 is 0 Å². The monoisotopic (exact) mass is 284 g/mol. The summed E-state index contributed by atoms with van der Waals surface area (Å²) in [4.78, 5) is 15.1. The van der Waals surface area contributed by atoms with Gasteiger partial charge < -0.3 is 5.32 Å². The standard InChI is InChI=1S/C12H11F3N4O/c1-7-9(6-19(2)18-7)17-11(20)8-3-4-10(16-5-8)12(13,14)15/h3-6H,1-2H3,(H,17,20). The number of anilines is 1. The maximum absolute atomic E-state index is 12.3. The van der Waals surface area contributed by atoms with Gasteiger partial charge in [0.2, 0.25) is 0 Å². The van der Waals surface area contributed by atoms with E-state index in [1.165, 1.54) is 4.68 Å². The van der Waals surface area contributed by atoms with Gasteiger partial charge in [0, 0.05) is 19.4 Å². The van der Waals surface area contributed by atoms with Crippen LogP contribution in [0.2, 0.25) is 0 Å². The van der Waals surface area contributed by atoms with E-state index in [9.17, 15) is 18.0 Å². The fraction of sp³-hybridized carbons (Fsp3) is 0.250. The molecule has 1 N–H and O–H groups in total. The second-order valence-electron chi connectivity index (χ2n) is 4.19. The highest BCUT2D eigenvalue weighted by atomic mass is 19.4. The van der Waals surface area contributed by atoms with Gasteiger partial charge in [-0.25, -0.2) is 0 Å². The predicted octanol–water partition coefficient (Wildman–Crippen LogP) is 2.39. The third kappa shape index (κ3) is 2.95. The molecule has 0 aliphatic heterocycles. The number of pyridine rings is 1. The third-order valence-corrected chi connectivity index (χ3v) is 2.58. The maximum Gasteiger partial charge on any atom is 0.433 e. The Bertz CT molecular complexity index is 631. The number of amides is 1. The van der Waals surface area contributed by atoms with Crippen molar-refractivity contribution < 1.29 is 18.0 Å². The summed E-state index contributed by atoms with van der Waals surface area (Å²) in [7, 11) is 1.70. The van der Waals surface area contributed by atoms with Crippen LogP contribution in [0.5, 0.6) is 0 Å². The van der Waals surface area contributed by atoms with E-state index in [-0.39, 0.29) is 5.56 Å². The second-order valence-corrected chi connectivity index (χ2v) is 4.19. The summed E-state index contributed by atoms with van der Waals surface area (Å²) < 4.78 is 38.6. The molecule has 2 aromatic rings. The van der Waals surface area contributed by atoms with Gasteiger partial charge in [-0.15, -0.1) is 0 Å². The van der Waals surface area contributed by atoms with Crippen LogP contribution in [-0.4, -0.2) is 20.7 Å². The quantitative estimate of drug-likeness (QED) is 0.921. The summed E-state index contributed by atoms with van der Waals surface area (Å²) in [5.74, 6) is -0.540. The number of carbonyl (C=O) groups is 1. The molecule has 0 unspecified atom stereocenters. The fourth-order valence-corrected chi connectivity index (χ4v) is 1.61. The van der Waals surface area contributed by atoms with Gasteiger partial charge >= 0.3 is 6.18 Å². The number of carbonyl (C=O) groups excluding carboxylic acids is 1. The highest BCUT2D eigenvalue weighted by molar-refractivity contribution is 6.04. The molecule has 0 radical (unpaired) electrons. The fourth-order valence-electron chi connectivity index (χ4n) is 1.61. The van der Waals surface area contributed by atoms with Crippen molar-refractivity contribution in [3.63, 3.8) is 0 Å². The lowest BCUT2D eigenvalue weighted by Gasteiger charge is -2.07. The van der Waals surface area contributed by atoms with Gasteiger partial charge in [0.1, 0.15) is 5.69 Å². The number of aryl methyl sites for hydroxylation is 2. The Morgan fingerprint density at radius 3 is 2.50 bits per heavy atom. The number of alkyl halides is 3. The number of hydrogen-bond donors (Lipinski definition) is 1. The number of hydrogen-bond acceptors (Lipinski definition) is 3. The molecular weight excluding hydrogens is 273 g/mol. The van der Waals surface area contributed by atoms with E-state index in [4.69, 9.17) is 0 Å². The summed E-state index contributed by atoms with van der Waals surface area (Å²) in [6.45, 7) is 1.71.